The molecule has 0 fully saturated rings. The molecule has 0 radical (unpaired) electrons. The summed E-state index contributed by atoms with van der Waals surface area (Å²) in [7, 11) is 3.31. The molecule has 0 aliphatic heterocycles. The van der Waals surface area contributed by atoms with Crippen LogP contribution in [-0.4, -0.2) is 37.3 Å². The van der Waals surface area contributed by atoms with Crippen molar-refractivity contribution in [3.8, 4) is 11.3 Å². The van der Waals surface area contributed by atoms with Crippen molar-refractivity contribution in [2.75, 3.05) is 7.05 Å². The van der Waals surface area contributed by atoms with Gasteiger partial charge in [-0.05, 0) is 55.5 Å². The summed E-state index contributed by atoms with van der Waals surface area (Å²) < 4.78 is 3.37. The van der Waals surface area contributed by atoms with Crippen LogP contribution in [0, 0.1) is 12.3 Å². The van der Waals surface area contributed by atoms with Crippen LogP contribution in [0.1, 0.15) is 45.7 Å². The predicted molar refractivity (Wildman–Crippen MR) is 123 cm³/mol. The van der Waals surface area contributed by atoms with Crippen LogP contribution in [0.2, 0.25) is 0 Å². The lowest BCUT2D eigenvalue weighted by molar-refractivity contribution is 0.110. The summed E-state index contributed by atoms with van der Waals surface area (Å²) in [6.45, 7) is 12.7. The van der Waals surface area contributed by atoms with Crippen molar-refractivity contribution in [2.45, 2.75) is 53.6 Å². The molecule has 0 unspecified atom stereocenters. The molecule has 7 heteroatoms. The zero-order valence-corrected chi connectivity index (χ0v) is 19.6. The van der Waals surface area contributed by atoms with Crippen molar-refractivity contribution in [1.82, 2.24) is 19.0 Å². The molecule has 2 heterocycles. The number of hydrogen-bond donors (Lipinski definition) is 1. The molecule has 0 atom stereocenters. The van der Waals surface area contributed by atoms with Gasteiger partial charge in [0.1, 0.15) is 0 Å². The Bertz CT molecular complexity index is 1210. The van der Waals surface area contributed by atoms with Gasteiger partial charge in [-0.15, -0.1) is 0 Å². The first-order valence-electron chi connectivity index (χ1n) is 10.4. The van der Waals surface area contributed by atoms with Crippen molar-refractivity contribution in [3.05, 3.63) is 51.9 Å². The van der Waals surface area contributed by atoms with Crippen molar-refractivity contribution in [2.24, 2.45) is 12.5 Å². The molecule has 166 valence electrons. The fourth-order valence-corrected chi connectivity index (χ4v) is 3.76. The van der Waals surface area contributed by atoms with Gasteiger partial charge in [-0.1, -0.05) is 32.9 Å². The van der Waals surface area contributed by atoms with Gasteiger partial charge in [-0.2, -0.15) is 0 Å². The number of benzene rings is 1. The van der Waals surface area contributed by atoms with Crippen LogP contribution in [0.3, 0.4) is 0 Å². The molecule has 0 spiro atoms. The van der Waals surface area contributed by atoms with Gasteiger partial charge in [0.25, 0.3) is 0 Å². The number of aromatic nitrogens is 3. The number of fused-ring (bicyclic) bond motifs is 1. The highest BCUT2D eigenvalue weighted by atomic mass is 16.4. The summed E-state index contributed by atoms with van der Waals surface area (Å²) in [5.41, 5.74) is 4.20. The second kappa shape index (κ2) is 7.55. The Morgan fingerprint density at radius 1 is 1.13 bits per heavy atom. The van der Waals surface area contributed by atoms with Gasteiger partial charge in [0.05, 0.1) is 16.7 Å². The molecule has 3 rings (SSSR count). The van der Waals surface area contributed by atoms with Crippen LogP contribution in [0.4, 0.5) is 4.79 Å². The number of aryl methyl sites for hydroxylation is 2. The van der Waals surface area contributed by atoms with Gasteiger partial charge in [-0.3, -0.25) is 9.13 Å². The third kappa shape index (κ3) is 4.09. The lowest BCUT2D eigenvalue weighted by Gasteiger charge is -2.34. The summed E-state index contributed by atoms with van der Waals surface area (Å²) in [4.78, 5) is 30.5. The first kappa shape index (κ1) is 22.6. The monoisotopic (exact) mass is 424 g/mol. The van der Waals surface area contributed by atoms with Crippen LogP contribution < -0.4 is 5.69 Å². The molecule has 31 heavy (non-hydrogen) atoms. The lowest BCUT2D eigenvalue weighted by atomic mass is 9.89. The average Bonchev–Trinajstić information content (AvgIpc) is 2.90. The van der Waals surface area contributed by atoms with E-state index in [2.05, 4.69) is 20.8 Å². The fraction of sp³-hybridized carbons (Fsp3) is 0.458. The maximum Gasteiger partial charge on any atom is 0.407 e. The molecule has 0 bridgehead atoms. The van der Waals surface area contributed by atoms with E-state index < -0.39 is 11.6 Å². The SMILES string of the molecule is Cc1ccc(C(C)(C)N(C)C(=O)O)cc1-c1ccc2c(n1)n(C)c(=O)n2CC(C)(C)C. The van der Waals surface area contributed by atoms with Crippen molar-refractivity contribution >= 4 is 17.3 Å². The van der Waals surface area contributed by atoms with Crippen LogP contribution in [0.25, 0.3) is 22.4 Å². The largest absolute Gasteiger partial charge is 0.465 e. The number of carbonyl (C=O) groups is 1. The molecule has 7 nitrogen and oxygen atoms in total. The predicted octanol–water partition coefficient (Wildman–Crippen LogP) is 4.60. The van der Waals surface area contributed by atoms with Crippen molar-refractivity contribution in [1.29, 1.82) is 0 Å². The molecule has 1 N–H and O–H groups in total. The first-order chi connectivity index (χ1) is 14.2. The quantitative estimate of drug-likeness (QED) is 0.664. The molecular formula is C24H32N4O3. The minimum atomic E-state index is -0.984. The third-order valence-corrected chi connectivity index (χ3v) is 5.96. The second-order valence-electron chi connectivity index (χ2n) is 9.96. The molecule has 3 aromatic rings. The summed E-state index contributed by atoms with van der Waals surface area (Å²) >= 11 is 0. The number of pyridine rings is 1. The molecule has 0 saturated carbocycles. The molecule has 0 aliphatic rings. The standard InChI is InChI=1S/C24H32N4O3/c1-15-9-10-16(24(5,6)27(8)22(30)31)13-17(15)18-11-12-19-20(25-18)26(7)21(29)28(19)14-23(2,3)4/h9-13H,14H2,1-8H3,(H,30,31). The highest BCUT2D eigenvalue weighted by molar-refractivity contribution is 5.77. The zero-order valence-electron chi connectivity index (χ0n) is 19.6. The molecule has 1 aromatic carbocycles. The van der Waals surface area contributed by atoms with E-state index in [9.17, 15) is 14.7 Å². The van der Waals surface area contributed by atoms with E-state index >= 15 is 0 Å². The van der Waals surface area contributed by atoms with Gasteiger partial charge in [0, 0.05) is 26.2 Å². The van der Waals surface area contributed by atoms with E-state index in [0.29, 0.717) is 12.2 Å². The zero-order chi connectivity index (χ0) is 23.3. The first-order valence-corrected chi connectivity index (χ1v) is 10.4. The van der Waals surface area contributed by atoms with Crippen LogP contribution in [-0.2, 0) is 19.1 Å². The number of nitrogens with zero attached hydrogens (tertiary/aromatic N) is 4. The van der Waals surface area contributed by atoms with E-state index in [-0.39, 0.29) is 11.1 Å². The van der Waals surface area contributed by atoms with Crippen molar-refractivity contribution in [3.63, 3.8) is 0 Å². The third-order valence-electron chi connectivity index (χ3n) is 5.96. The minimum Gasteiger partial charge on any atom is -0.465 e. The Kier molecular flexibility index (Phi) is 5.50. The molecule has 2 aromatic heterocycles. The number of carboxylic acid groups (broad SMARTS) is 1. The summed E-state index contributed by atoms with van der Waals surface area (Å²) in [5, 5.41) is 9.46. The number of rotatable bonds is 4. The van der Waals surface area contributed by atoms with Crippen LogP contribution >= 0.6 is 0 Å². The topological polar surface area (TPSA) is 80.4 Å². The normalized spacial score (nSPS) is 12.4. The summed E-state index contributed by atoms with van der Waals surface area (Å²) in [6, 6.07) is 9.81. The summed E-state index contributed by atoms with van der Waals surface area (Å²) in [5.74, 6) is 0. The number of amides is 1. The highest BCUT2D eigenvalue weighted by Gasteiger charge is 2.30. The minimum absolute atomic E-state index is 0.0382. The van der Waals surface area contributed by atoms with E-state index in [4.69, 9.17) is 4.98 Å². The van der Waals surface area contributed by atoms with E-state index in [0.717, 1.165) is 27.9 Å². The smallest absolute Gasteiger partial charge is 0.407 e. The highest BCUT2D eigenvalue weighted by Crippen LogP contribution is 2.32. The van der Waals surface area contributed by atoms with Gasteiger partial charge >= 0.3 is 11.8 Å². The maximum atomic E-state index is 12.8. The fourth-order valence-electron chi connectivity index (χ4n) is 3.76. The van der Waals surface area contributed by atoms with Crippen LogP contribution in [0.15, 0.2) is 35.1 Å². The Labute approximate surface area is 182 Å². The Balaban J connectivity index is 2.16. The number of imidazole rings is 1. The van der Waals surface area contributed by atoms with E-state index in [1.165, 1.54) is 4.90 Å². The van der Waals surface area contributed by atoms with Gasteiger partial charge in [-0.25, -0.2) is 14.6 Å². The number of hydrogen-bond acceptors (Lipinski definition) is 3. The molecule has 1 amide bonds. The summed E-state index contributed by atoms with van der Waals surface area (Å²) in [6.07, 6.45) is -0.984. The molecule has 0 aliphatic carbocycles. The maximum absolute atomic E-state index is 12.8. The Morgan fingerprint density at radius 2 is 1.77 bits per heavy atom. The van der Waals surface area contributed by atoms with Gasteiger partial charge in [0.15, 0.2) is 5.65 Å². The van der Waals surface area contributed by atoms with Crippen LogP contribution in [0.5, 0.6) is 0 Å². The molecular weight excluding hydrogens is 392 g/mol. The average molecular weight is 425 g/mol. The van der Waals surface area contributed by atoms with Gasteiger partial charge < -0.3 is 10.0 Å². The van der Waals surface area contributed by atoms with E-state index in [1.807, 2.05) is 51.1 Å². The second-order valence-corrected chi connectivity index (χ2v) is 9.96. The van der Waals surface area contributed by atoms with Crippen molar-refractivity contribution < 1.29 is 9.90 Å². The van der Waals surface area contributed by atoms with E-state index in [1.54, 1.807) is 23.2 Å². The lowest BCUT2D eigenvalue weighted by Crippen LogP contribution is -2.41. The Hall–Kier alpha value is -3.09. The molecule has 0 saturated heterocycles. The Morgan fingerprint density at radius 3 is 2.35 bits per heavy atom. The van der Waals surface area contributed by atoms with Gasteiger partial charge in [0.2, 0.25) is 0 Å².